The molecule has 2 heterocycles. The van der Waals surface area contributed by atoms with Gasteiger partial charge < -0.3 is 20.4 Å². The van der Waals surface area contributed by atoms with Crippen molar-refractivity contribution in [1.29, 1.82) is 0 Å². The van der Waals surface area contributed by atoms with Gasteiger partial charge >= 0.3 is 11.8 Å². The topological polar surface area (TPSA) is 86.9 Å². The van der Waals surface area contributed by atoms with E-state index < -0.39 is 11.8 Å². The molecule has 2 fully saturated rings. The number of anilines is 1. The van der Waals surface area contributed by atoms with Gasteiger partial charge in [0.15, 0.2) is 0 Å². The highest BCUT2D eigenvalue weighted by Gasteiger charge is 2.32. The third-order valence-corrected chi connectivity index (χ3v) is 5.34. The van der Waals surface area contributed by atoms with Crippen LogP contribution >= 0.6 is 11.6 Å². The lowest BCUT2D eigenvalue weighted by atomic mass is 9.96. The second kappa shape index (κ2) is 7.95. The largest absolute Gasteiger partial charge is 0.369 e. The van der Waals surface area contributed by atoms with Gasteiger partial charge in [-0.1, -0.05) is 17.7 Å². The predicted molar refractivity (Wildman–Crippen MR) is 98.7 cm³/mol. The molecule has 140 valence electrons. The predicted octanol–water partition coefficient (Wildman–Crippen LogP) is 0.712. The maximum atomic E-state index is 12.5. The molecule has 0 aromatic heterocycles. The van der Waals surface area contributed by atoms with E-state index in [0.29, 0.717) is 57.1 Å². The number of piperazine rings is 1. The van der Waals surface area contributed by atoms with Gasteiger partial charge in [0.05, 0.1) is 0 Å². The molecule has 0 bridgehead atoms. The van der Waals surface area contributed by atoms with Crippen LogP contribution in [0.5, 0.6) is 0 Å². The highest BCUT2D eigenvalue weighted by atomic mass is 35.5. The highest BCUT2D eigenvalue weighted by molar-refractivity contribution is 6.35. The molecule has 2 N–H and O–H groups in total. The molecule has 2 aliphatic heterocycles. The zero-order chi connectivity index (χ0) is 18.7. The zero-order valence-electron chi connectivity index (χ0n) is 14.6. The van der Waals surface area contributed by atoms with E-state index >= 15 is 0 Å². The monoisotopic (exact) mass is 378 g/mol. The molecule has 2 aliphatic rings. The molecule has 0 aliphatic carbocycles. The van der Waals surface area contributed by atoms with E-state index in [2.05, 4.69) is 4.90 Å². The van der Waals surface area contributed by atoms with Crippen molar-refractivity contribution in [3.63, 3.8) is 0 Å². The van der Waals surface area contributed by atoms with Gasteiger partial charge in [-0.25, -0.2) is 0 Å². The van der Waals surface area contributed by atoms with Crippen LogP contribution in [-0.2, 0) is 14.4 Å². The summed E-state index contributed by atoms with van der Waals surface area (Å²) in [4.78, 5) is 41.5. The molecule has 3 amide bonds. The van der Waals surface area contributed by atoms with E-state index in [1.54, 1.807) is 4.90 Å². The third-order valence-electron chi connectivity index (χ3n) is 5.11. The number of hydrogen-bond donors (Lipinski definition) is 1. The average molecular weight is 379 g/mol. The van der Waals surface area contributed by atoms with Gasteiger partial charge in [-0.05, 0) is 31.0 Å². The number of primary amides is 1. The number of amides is 3. The first kappa shape index (κ1) is 18.5. The van der Waals surface area contributed by atoms with Crippen LogP contribution in [-0.4, -0.2) is 66.8 Å². The Kier molecular flexibility index (Phi) is 5.66. The molecular formula is C18H23ClN4O3. The number of benzene rings is 1. The van der Waals surface area contributed by atoms with Crippen LogP contribution < -0.4 is 10.6 Å². The summed E-state index contributed by atoms with van der Waals surface area (Å²) in [7, 11) is 0. The Morgan fingerprint density at radius 1 is 0.923 bits per heavy atom. The Morgan fingerprint density at radius 3 is 2.04 bits per heavy atom. The minimum atomic E-state index is -0.482. The van der Waals surface area contributed by atoms with E-state index in [9.17, 15) is 14.4 Å². The third kappa shape index (κ3) is 4.09. The standard InChI is InChI=1S/C18H23ClN4O3/c19-14-2-1-3-15(12-14)21-8-10-23(11-9-21)18(26)17(25)22-6-4-13(5-7-22)16(20)24/h1-3,12-13H,4-11H2,(H2,20,24). The van der Waals surface area contributed by atoms with Crippen LogP contribution in [0.2, 0.25) is 5.02 Å². The van der Waals surface area contributed by atoms with Gasteiger partial charge in [0, 0.05) is 55.9 Å². The Morgan fingerprint density at radius 2 is 1.50 bits per heavy atom. The number of rotatable bonds is 2. The maximum absolute atomic E-state index is 12.5. The molecule has 2 saturated heterocycles. The minimum absolute atomic E-state index is 0.199. The fourth-order valence-corrected chi connectivity index (χ4v) is 3.66. The van der Waals surface area contributed by atoms with Gasteiger partial charge in [-0.3, -0.25) is 14.4 Å². The summed E-state index contributed by atoms with van der Waals surface area (Å²) in [5, 5.41) is 0.676. The van der Waals surface area contributed by atoms with Crippen molar-refractivity contribution in [3.05, 3.63) is 29.3 Å². The van der Waals surface area contributed by atoms with Gasteiger partial charge in [0.1, 0.15) is 0 Å². The normalized spacial score (nSPS) is 18.7. The molecule has 3 rings (SSSR count). The summed E-state index contributed by atoms with van der Waals surface area (Å²) in [5.41, 5.74) is 6.32. The summed E-state index contributed by atoms with van der Waals surface area (Å²) in [6.07, 6.45) is 1.05. The van der Waals surface area contributed by atoms with Crippen LogP contribution in [0.15, 0.2) is 24.3 Å². The molecule has 0 atom stereocenters. The molecule has 26 heavy (non-hydrogen) atoms. The quantitative estimate of drug-likeness (QED) is 0.768. The first-order chi connectivity index (χ1) is 12.5. The summed E-state index contributed by atoms with van der Waals surface area (Å²) in [6, 6.07) is 7.60. The first-order valence-corrected chi connectivity index (χ1v) is 9.21. The van der Waals surface area contributed by atoms with Crippen molar-refractivity contribution < 1.29 is 14.4 Å². The lowest BCUT2D eigenvalue weighted by molar-refractivity contribution is -0.153. The molecule has 7 nitrogen and oxygen atoms in total. The van der Waals surface area contributed by atoms with Crippen molar-refractivity contribution in [2.75, 3.05) is 44.2 Å². The number of nitrogens with two attached hydrogens (primary N) is 1. The van der Waals surface area contributed by atoms with Gasteiger partial charge in [-0.2, -0.15) is 0 Å². The Hall–Kier alpha value is -2.28. The van der Waals surface area contributed by atoms with Crippen molar-refractivity contribution >= 4 is 35.0 Å². The number of likely N-dealkylation sites (tertiary alicyclic amines) is 1. The Bertz CT molecular complexity index is 695. The summed E-state index contributed by atoms with van der Waals surface area (Å²) in [5.74, 6) is -1.48. The smallest absolute Gasteiger partial charge is 0.312 e. The van der Waals surface area contributed by atoms with Crippen molar-refractivity contribution in [3.8, 4) is 0 Å². The molecule has 0 unspecified atom stereocenters. The van der Waals surface area contributed by atoms with Crippen LogP contribution in [0, 0.1) is 5.92 Å². The van der Waals surface area contributed by atoms with Crippen LogP contribution in [0.1, 0.15) is 12.8 Å². The number of piperidine rings is 1. The molecule has 8 heteroatoms. The van der Waals surface area contributed by atoms with Crippen molar-refractivity contribution in [2.24, 2.45) is 11.7 Å². The zero-order valence-corrected chi connectivity index (χ0v) is 15.3. The molecular weight excluding hydrogens is 356 g/mol. The van der Waals surface area contributed by atoms with Crippen molar-refractivity contribution in [2.45, 2.75) is 12.8 Å². The Balaban J connectivity index is 1.52. The van der Waals surface area contributed by atoms with Crippen LogP contribution in [0.3, 0.4) is 0 Å². The summed E-state index contributed by atoms with van der Waals surface area (Å²) < 4.78 is 0. The van der Waals surface area contributed by atoms with E-state index in [4.69, 9.17) is 17.3 Å². The summed E-state index contributed by atoms with van der Waals surface area (Å²) in [6.45, 7) is 3.11. The van der Waals surface area contributed by atoms with E-state index in [-0.39, 0.29) is 11.8 Å². The number of carbonyl (C=O) groups is 3. The highest BCUT2D eigenvalue weighted by Crippen LogP contribution is 2.21. The van der Waals surface area contributed by atoms with Gasteiger partial charge in [0.2, 0.25) is 5.91 Å². The molecule has 0 radical (unpaired) electrons. The van der Waals surface area contributed by atoms with E-state index in [1.165, 1.54) is 4.90 Å². The number of halogens is 1. The SMILES string of the molecule is NC(=O)C1CCN(C(=O)C(=O)N2CCN(c3cccc(Cl)c3)CC2)CC1. The number of hydrogen-bond acceptors (Lipinski definition) is 4. The lowest BCUT2D eigenvalue weighted by Gasteiger charge is -2.37. The maximum Gasteiger partial charge on any atom is 0.312 e. The van der Waals surface area contributed by atoms with Gasteiger partial charge in [-0.15, -0.1) is 0 Å². The van der Waals surface area contributed by atoms with Crippen molar-refractivity contribution in [1.82, 2.24) is 9.80 Å². The van der Waals surface area contributed by atoms with Crippen LogP contribution in [0.25, 0.3) is 0 Å². The molecule has 1 aromatic rings. The first-order valence-electron chi connectivity index (χ1n) is 8.83. The number of carbonyl (C=O) groups excluding carboxylic acids is 3. The number of nitrogens with zero attached hydrogens (tertiary/aromatic N) is 3. The van der Waals surface area contributed by atoms with E-state index in [0.717, 1.165) is 5.69 Å². The Labute approximate surface area is 157 Å². The van der Waals surface area contributed by atoms with E-state index in [1.807, 2.05) is 24.3 Å². The fourth-order valence-electron chi connectivity index (χ4n) is 3.48. The lowest BCUT2D eigenvalue weighted by Crippen LogP contribution is -2.54. The van der Waals surface area contributed by atoms with Crippen LogP contribution in [0.4, 0.5) is 5.69 Å². The summed E-state index contributed by atoms with van der Waals surface area (Å²) >= 11 is 6.03. The molecule has 0 spiro atoms. The second-order valence-corrected chi connectivity index (χ2v) is 7.16. The second-order valence-electron chi connectivity index (χ2n) is 6.73. The minimum Gasteiger partial charge on any atom is -0.369 e. The molecule has 0 saturated carbocycles. The molecule has 1 aromatic carbocycles. The van der Waals surface area contributed by atoms with Gasteiger partial charge in [0.25, 0.3) is 0 Å². The fraction of sp³-hybridized carbons (Fsp3) is 0.500. The average Bonchev–Trinajstić information content (AvgIpc) is 2.67.